The number of terminal acetylenes is 1. The molecule has 0 saturated heterocycles. The average Bonchev–Trinajstić information content (AvgIpc) is 2.83. The minimum absolute atomic E-state index is 0.158. The highest BCUT2D eigenvalue weighted by Crippen LogP contribution is 2.35. The van der Waals surface area contributed by atoms with Crippen molar-refractivity contribution >= 4 is 43.9 Å². The van der Waals surface area contributed by atoms with Crippen molar-refractivity contribution in [1.29, 1.82) is 5.41 Å². The molecule has 5 aromatic carbocycles. The van der Waals surface area contributed by atoms with E-state index in [-0.39, 0.29) is 5.84 Å². The molecule has 5 aromatic rings. The summed E-state index contributed by atoms with van der Waals surface area (Å²) in [6.45, 7) is 0. The third-order valence-electron chi connectivity index (χ3n) is 5.43. The molecule has 0 aliphatic heterocycles. The number of rotatable bonds is 2. The zero-order valence-corrected chi connectivity index (χ0v) is 16.3. The van der Waals surface area contributed by atoms with Crippen molar-refractivity contribution in [2.24, 2.45) is 4.99 Å². The first kappa shape index (κ1) is 17.8. The van der Waals surface area contributed by atoms with Gasteiger partial charge in [-0.25, -0.2) is 4.99 Å². The topological polar surface area (TPSA) is 36.2 Å². The van der Waals surface area contributed by atoms with Crippen molar-refractivity contribution in [2.45, 2.75) is 0 Å². The summed E-state index contributed by atoms with van der Waals surface area (Å²) < 4.78 is 0. The predicted molar refractivity (Wildman–Crippen MR) is 128 cm³/mol. The van der Waals surface area contributed by atoms with Crippen molar-refractivity contribution in [3.05, 3.63) is 108 Å². The molecule has 0 bridgehead atoms. The molecule has 0 aliphatic rings. The maximum Gasteiger partial charge on any atom is 0.153 e. The molecule has 5 rings (SSSR count). The molecule has 0 radical (unpaired) electrons. The van der Waals surface area contributed by atoms with Crippen LogP contribution in [0, 0.1) is 17.8 Å². The van der Waals surface area contributed by atoms with E-state index in [0.717, 1.165) is 16.5 Å². The third kappa shape index (κ3) is 2.94. The van der Waals surface area contributed by atoms with Gasteiger partial charge in [-0.1, -0.05) is 91.0 Å². The summed E-state index contributed by atoms with van der Waals surface area (Å²) in [7, 11) is 0. The van der Waals surface area contributed by atoms with Crippen LogP contribution in [0.15, 0.2) is 102 Å². The van der Waals surface area contributed by atoms with Crippen LogP contribution in [-0.4, -0.2) is 11.5 Å². The Labute approximate surface area is 175 Å². The normalized spacial score (nSPS) is 11.6. The van der Waals surface area contributed by atoms with E-state index in [9.17, 15) is 0 Å². The number of aliphatic imine (C=N–C) groups is 1. The smallest absolute Gasteiger partial charge is 0.153 e. The number of fused-ring (bicyclic) bond motifs is 6. The van der Waals surface area contributed by atoms with Crippen LogP contribution in [0.3, 0.4) is 0 Å². The molecule has 1 N–H and O–H groups in total. The lowest BCUT2D eigenvalue weighted by Crippen LogP contribution is -2.03. The van der Waals surface area contributed by atoms with Gasteiger partial charge >= 0.3 is 0 Å². The Kier molecular flexibility index (Phi) is 4.35. The average molecular weight is 382 g/mol. The fourth-order valence-electron chi connectivity index (χ4n) is 4.01. The molecule has 0 spiro atoms. The standard InChI is InChI=1S/C28H18N2/c1-2-27(19-10-4-3-5-11-19)30-28(29)20-16-17-25-23-14-7-6-12-21(23)22-13-8-9-15-24(22)26(25)18-20/h1,3-18,29H. The van der Waals surface area contributed by atoms with Crippen LogP contribution in [0.1, 0.15) is 11.1 Å². The zero-order chi connectivity index (χ0) is 20.5. The van der Waals surface area contributed by atoms with Crippen LogP contribution < -0.4 is 0 Å². The first-order valence-corrected chi connectivity index (χ1v) is 9.79. The van der Waals surface area contributed by atoms with Crippen LogP contribution >= 0.6 is 0 Å². The van der Waals surface area contributed by atoms with E-state index in [2.05, 4.69) is 71.6 Å². The highest BCUT2D eigenvalue weighted by molar-refractivity contribution is 6.26. The predicted octanol–water partition coefficient (Wildman–Crippen LogP) is 6.59. The van der Waals surface area contributed by atoms with Crippen LogP contribution in [0.4, 0.5) is 0 Å². The van der Waals surface area contributed by atoms with Gasteiger partial charge in [-0.05, 0) is 44.3 Å². The summed E-state index contributed by atoms with van der Waals surface area (Å²) in [4.78, 5) is 4.45. The Balaban J connectivity index is 1.71. The summed E-state index contributed by atoms with van der Waals surface area (Å²) in [5.41, 5.74) is 2.04. The van der Waals surface area contributed by atoms with E-state index in [0.29, 0.717) is 5.71 Å². The first-order chi connectivity index (χ1) is 14.8. The number of hydrogen-bond acceptors (Lipinski definition) is 1. The Morgan fingerprint density at radius 1 is 0.600 bits per heavy atom. The lowest BCUT2D eigenvalue weighted by molar-refractivity contribution is 1.42. The second-order valence-corrected chi connectivity index (χ2v) is 7.17. The van der Waals surface area contributed by atoms with Gasteiger partial charge in [0.1, 0.15) is 5.71 Å². The molecule has 0 aromatic heterocycles. The maximum atomic E-state index is 8.58. The van der Waals surface area contributed by atoms with E-state index in [1.54, 1.807) is 0 Å². The number of hydrogen-bond donors (Lipinski definition) is 1. The molecular weight excluding hydrogens is 364 g/mol. The Bertz CT molecular complexity index is 1470. The third-order valence-corrected chi connectivity index (χ3v) is 5.43. The van der Waals surface area contributed by atoms with Gasteiger partial charge in [0.05, 0.1) is 0 Å². The molecule has 0 saturated carbocycles. The second-order valence-electron chi connectivity index (χ2n) is 7.17. The molecular formula is C28H18N2. The Morgan fingerprint density at radius 3 is 1.67 bits per heavy atom. The van der Waals surface area contributed by atoms with Crippen LogP contribution in [0.2, 0.25) is 0 Å². The fraction of sp³-hybridized carbons (Fsp3) is 0. The van der Waals surface area contributed by atoms with Crippen LogP contribution in [-0.2, 0) is 0 Å². The van der Waals surface area contributed by atoms with E-state index >= 15 is 0 Å². The molecule has 2 heteroatoms. The summed E-state index contributed by atoms with van der Waals surface area (Å²) in [5.74, 6) is 2.78. The van der Waals surface area contributed by atoms with Gasteiger partial charge in [0.2, 0.25) is 0 Å². The minimum atomic E-state index is 0.158. The van der Waals surface area contributed by atoms with E-state index in [1.165, 1.54) is 26.9 Å². The number of nitrogens with one attached hydrogen (secondary N) is 1. The lowest BCUT2D eigenvalue weighted by Gasteiger charge is -2.11. The highest BCUT2D eigenvalue weighted by atomic mass is 14.8. The second kappa shape index (κ2) is 7.31. The molecule has 30 heavy (non-hydrogen) atoms. The number of nitrogens with zero attached hydrogens (tertiary/aromatic N) is 1. The molecule has 0 unspecified atom stereocenters. The van der Waals surface area contributed by atoms with E-state index in [1.807, 2.05) is 36.4 Å². The highest BCUT2D eigenvalue weighted by Gasteiger charge is 2.11. The van der Waals surface area contributed by atoms with E-state index < -0.39 is 0 Å². The van der Waals surface area contributed by atoms with Crippen LogP contribution in [0.25, 0.3) is 32.3 Å². The monoisotopic (exact) mass is 382 g/mol. The molecule has 140 valence electrons. The quantitative estimate of drug-likeness (QED) is 0.155. The molecule has 0 amide bonds. The van der Waals surface area contributed by atoms with Crippen LogP contribution in [0.5, 0.6) is 0 Å². The number of benzene rings is 5. The summed E-state index contributed by atoms with van der Waals surface area (Å²) in [6, 6.07) is 32.5. The largest absolute Gasteiger partial charge is 0.282 e. The summed E-state index contributed by atoms with van der Waals surface area (Å²) in [6.07, 6.45) is 5.68. The van der Waals surface area contributed by atoms with Gasteiger partial charge in [-0.3, -0.25) is 5.41 Å². The van der Waals surface area contributed by atoms with Gasteiger partial charge in [-0.15, -0.1) is 6.42 Å². The number of amidine groups is 1. The maximum absolute atomic E-state index is 8.58. The summed E-state index contributed by atoms with van der Waals surface area (Å²) >= 11 is 0. The minimum Gasteiger partial charge on any atom is -0.282 e. The Hall–Kier alpha value is -4.22. The fourth-order valence-corrected chi connectivity index (χ4v) is 4.01. The SMILES string of the molecule is C#CC(=NC(=N)c1ccc2c3ccccc3c3ccccc3c2c1)c1ccccc1. The summed E-state index contributed by atoms with van der Waals surface area (Å²) in [5, 5.41) is 15.7. The molecule has 0 aliphatic carbocycles. The first-order valence-electron chi connectivity index (χ1n) is 9.79. The van der Waals surface area contributed by atoms with Crippen molar-refractivity contribution < 1.29 is 0 Å². The van der Waals surface area contributed by atoms with Crippen molar-refractivity contribution in [1.82, 2.24) is 0 Å². The van der Waals surface area contributed by atoms with E-state index in [4.69, 9.17) is 11.8 Å². The Morgan fingerprint density at radius 2 is 1.10 bits per heavy atom. The van der Waals surface area contributed by atoms with Gasteiger partial charge < -0.3 is 0 Å². The van der Waals surface area contributed by atoms with Gasteiger partial charge in [-0.2, -0.15) is 0 Å². The molecule has 0 atom stereocenters. The lowest BCUT2D eigenvalue weighted by atomic mass is 9.93. The van der Waals surface area contributed by atoms with Gasteiger partial charge in [0.25, 0.3) is 0 Å². The van der Waals surface area contributed by atoms with Gasteiger partial charge in [0.15, 0.2) is 5.84 Å². The van der Waals surface area contributed by atoms with Crippen molar-refractivity contribution in [3.8, 4) is 12.3 Å². The van der Waals surface area contributed by atoms with Crippen molar-refractivity contribution in [3.63, 3.8) is 0 Å². The molecule has 2 nitrogen and oxygen atoms in total. The zero-order valence-electron chi connectivity index (χ0n) is 16.3. The van der Waals surface area contributed by atoms with Gasteiger partial charge in [0, 0.05) is 11.1 Å². The molecule has 0 fully saturated rings. The van der Waals surface area contributed by atoms with Crippen molar-refractivity contribution in [2.75, 3.05) is 0 Å². The molecule has 0 heterocycles.